The first-order chi connectivity index (χ1) is 15.0. The molecule has 0 aliphatic carbocycles. The average Bonchev–Trinajstić information content (AvgIpc) is 2.80. The molecule has 1 aromatic rings. The topological polar surface area (TPSA) is 64.6 Å². The first-order valence-corrected chi connectivity index (χ1v) is 19.5. The van der Waals surface area contributed by atoms with Crippen LogP contribution in [0, 0.1) is 0 Å². The number of amides is 1. The molecule has 0 saturated heterocycles. The van der Waals surface area contributed by atoms with Crippen molar-refractivity contribution in [1.29, 1.82) is 0 Å². The molecule has 0 radical (unpaired) electrons. The number of rotatable bonds is 16. The fraction of sp³-hybridized carbons (Fsp3) is 0.600. The van der Waals surface area contributed by atoms with Crippen molar-refractivity contribution >= 4 is 30.4 Å². The molecular formula is C25H41NO4Sn. The van der Waals surface area contributed by atoms with Crippen molar-refractivity contribution in [3.05, 3.63) is 46.1 Å². The molecule has 0 aliphatic rings. The molecule has 1 amide bonds. The van der Waals surface area contributed by atoms with Gasteiger partial charge in [-0.15, -0.1) is 0 Å². The Kier molecular flexibility index (Phi) is 15.2. The summed E-state index contributed by atoms with van der Waals surface area (Å²) in [4.78, 5) is 23.7. The van der Waals surface area contributed by atoms with E-state index in [1.807, 2.05) is 30.3 Å². The predicted octanol–water partition coefficient (Wildman–Crippen LogP) is 6.40. The Labute approximate surface area is 192 Å². The number of carbonyl (C=O) groups excluding carboxylic acids is 2. The Morgan fingerprint density at radius 2 is 1.48 bits per heavy atom. The third-order valence-electron chi connectivity index (χ3n) is 5.49. The molecule has 0 bridgehead atoms. The third-order valence-corrected chi connectivity index (χ3v) is 19.7. The van der Waals surface area contributed by atoms with Crippen LogP contribution < -0.4 is 5.32 Å². The number of ether oxygens (including phenoxy) is 2. The standard InChI is InChI=1S/C13H14NO4.3C4H9.Sn/c1-2-8-17-12(15)9-14-13(16)18-10-11-6-4-3-5-7-11;3*1-3-4-2;/h1-7H,8-10H2,(H,14,16);3*1,3-4H2,2H3;. The monoisotopic (exact) mass is 539 g/mol. The second-order valence-electron chi connectivity index (χ2n) is 8.17. The van der Waals surface area contributed by atoms with Gasteiger partial charge in [-0.25, -0.2) is 0 Å². The van der Waals surface area contributed by atoms with Crippen LogP contribution in [0.1, 0.15) is 64.9 Å². The van der Waals surface area contributed by atoms with Crippen LogP contribution in [-0.4, -0.2) is 43.6 Å². The average molecular weight is 538 g/mol. The predicted molar refractivity (Wildman–Crippen MR) is 130 cm³/mol. The van der Waals surface area contributed by atoms with Crippen LogP contribution in [-0.2, 0) is 20.9 Å². The van der Waals surface area contributed by atoms with E-state index in [4.69, 9.17) is 9.47 Å². The van der Waals surface area contributed by atoms with E-state index in [0.717, 1.165) is 5.56 Å². The zero-order valence-corrected chi connectivity index (χ0v) is 22.5. The zero-order chi connectivity index (χ0) is 22.8. The van der Waals surface area contributed by atoms with Crippen molar-refractivity contribution < 1.29 is 19.1 Å². The van der Waals surface area contributed by atoms with Gasteiger partial charge < -0.3 is 0 Å². The molecule has 0 aromatic heterocycles. The van der Waals surface area contributed by atoms with Gasteiger partial charge >= 0.3 is 175 Å². The molecule has 0 aliphatic heterocycles. The number of esters is 1. The molecule has 6 heteroatoms. The normalized spacial score (nSPS) is 11.5. The molecule has 0 unspecified atom stereocenters. The molecule has 1 aromatic carbocycles. The number of alkyl carbamates (subject to hydrolysis) is 1. The molecule has 0 saturated carbocycles. The van der Waals surface area contributed by atoms with Gasteiger partial charge in [-0.05, 0) is 0 Å². The van der Waals surface area contributed by atoms with E-state index in [0.29, 0.717) is 0 Å². The summed E-state index contributed by atoms with van der Waals surface area (Å²) < 4.78 is 17.1. The van der Waals surface area contributed by atoms with E-state index < -0.39 is 30.4 Å². The number of unbranched alkanes of at least 4 members (excludes halogenated alkanes) is 3. The molecule has 1 N–H and O–H groups in total. The summed E-state index contributed by atoms with van der Waals surface area (Å²) in [6, 6.07) is 9.42. The molecule has 0 heterocycles. The van der Waals surface area contributed by atoms with Crippen LogP contribution >= 0.6 is 0 Å². The summed E-state index contributed by atoms with van der Waals surface area (Å²) in [6.45, 7) is 7.06. The molecule has 0 atom stereocenters. The van der Waals surface area contributed by atoms with Gasteiger partial charge in [0, 0.05) is 0 Å². The van der Waals surface area contributed by atoms with Gasteiger partial charge in [0.25, 0.3) is 0 Å². The fourth-order valence-electron chi connectivity index (χ4n) is 3.62. The first kappa shape index (κ1) is 27.5. The number of hydrogen-bond donors (Lipinski definition) is 1. The summed E-state index contributed by atoms with van der Waals surface area (Å²) in [5, 5.41) is 2.45. The summed E-state index contributed by atoms with van der Waals surface area (Å²) in [5.41, 5.74) is 0.898. The quantitative estimate of drug-likeness (QED) is 0.196. The molecule has 1 rings (SSSR count). The molecule has 31 heavy (non-hydrogen) atoms. The van der Waals surface area contributed by atoms with E-state index in [1.54, 1.807) is 0 Å². The van der Waals surface area contributed by atoms with Gasteiger partial charge in [-0.2, -0.15) is 0 Å². The third kappa shape index (κ3) is 12.8. The van der Waals surface area contributed by atoms with Crippen LogP contribution in [0.4, 0.5) is 4.79 Å². The first-order valence-electron chi connectivity index (χ1n) is 11.8. The second kappa shape index (κ2) is 17.1. The summed E-state index contributed by atoms with van der Waals surface area (Å²) in [6.07, 6.45) is 9.10. The Morgan fingerprint density at radius 3 is 2.03 bits per heavy atom. The van der Waals surface area contributed by atoms with E-state index in [9.17, 15) is 9.59 Å². The summed E-state index contributed by atoms with van der Waals surface area (Å²) in [7, 11) is 0. The van der Waals surface area contributed by atoms with Crippen molar-refractivity contribution in [3.63, 3.8) is 0 Å². The van der Waals surface area contributed by atoms with Gasteiger partial charge in [0.15, 0.2) is 0 Å². The SMILES string of the molecule is CCC[CH2][Sn](/[CH]=C/COC(=O)CNC(=O)OCc1ccccc1)([CH2]CCC)[CH2]CCC. The number of benzene rings is 1. The molecule has 174 valence electrons. The summed E-state index contributed by atoms with van der Waals surface area (Å²) in [5.74, 6) is -0.446. The van der Waals surface area contributed by atoms with Crippen LogP contribution in [0.15, 0.2) is 40.5 Å². The Hall–Kier alpha value is -1.50. The van der Waals surface area contributed by atoms with Gasteiger partial charge in [-0.3, -0.25) is 0 Å². The zero-order valence-electron chi connectivity index (χ0n) is 19.7. The Bertz CT molecular complexity index is 626. The van der Waals surface area contributed by atoms with Crippen molar-refractivity contribution in [3.8, 4) is 0 Å². The van der Waals surface area contributed by atoms with Crippen LogP contribution in [0.5, 0.6) is 0 Å². The molecular weight excluding hydrogens is 497 g/mol. The minimum atomic E-state index is -2.33. The minimum absolute atomic E-state index is 0.173. The van der Waals surface area contributed by atoms with Gasteiger partial charge in [-0.1, -0.05) is 18.2 Å². The van der Waals surface area contributed by atoms with Crippen LogP contribution in [0.2, 0.25) is 13.3 Å². The van der Waals surface area contributed by atoms with Crippen molar-refractivity contribution in [2.24, 2.45) is 0 Å². The number of hydrogen-bond acceptors (Lipinski definition) is 4. The van der Waals surface area contributed by atoms with E-state index in [-0.39, 0.29) is 19.8 Å². The van der Waals surface area contributed by atoms with Gasteiger partial charge in [0.2, 0.25) is 0 Å². The van der Waals surface area contributed by atoms with E-state index in [2.05, 4.69) is 36.3 Å². The van der Waals surface area contributed by atoms with Crippen molar-refractivity contribution in [2.45, 2.75) is 79.2 Å². The van der Waals surface area contributed by atoms with Crippen molar-refractivity contribution in [2.75, 3.05) is 13.2 Å². The van der Waals surface area contributed by atoms with Gasteiger partial charge in [0.1, 0.15) is 0 Å². The number of carbonyl (C=O) groups is 2. The molecule has 5 nitrogen and oxygen atoms in total. The fourth-order valence-corrected chi connectivity index (χ4v) is 17.9. The van der Waals surface area contributed by atoms with E-state index in [1.165, 1.54) is 51.8 Å². The second-order valence-corrected chi connectivity index (χ2v) is 21.2. The molecule has 0 spiro atoms. The van der Waals surface area contributed by atoms with Crippen LogP contribution in [0.25, 0.3) is 0 Å². The molecule has 0 fully saturated rings. The maximum absolute atomic E-state index is 12.0. The van der Waals surface area contributed by atoms with E-state index >= 15 is 0 Å². The summed E-state index contributed by atoms with van der Waals surface area (Å²) >= 11 is -2.33. The van der Waals surface area contributed by atoms with Crippen molar-refractivity contribution in [1.82, 2.24) is 5.32 Å². The Morgan fingerprint density at radius 1 is 0.903 bits per heavy atom. The van der Waals surface area contributed by atoms with Crippen LogP contribution in [0.3, 0.4) is 0 Å². The maximum atomic E-state index is 12.0. The number of nitrogens with one attached hydrogen (secondary N) is 1. The van der Waals surface area contributed by atoms with Gasteiger partial charge in [0.05, 0.1) is 0 Å². The Balaban J connectivity index is 2.41.